The molecule has 0 N–H and O–H groups in total. The molecule has 0 radical (unpaired) electrons. The van der Waals surface area contributed by atoms with Gasteiger partial charge in [-0.1, -0.05) is 12.1 Å². The molecule has 0 aromatic heterocycles. The largest absolute Gasteiger partial charge is 0.347 e. The normalized spacial score (nSPS) is 10.0. The molecular weight excluding hydrogens is 235 g/mol. The fourth-order valence-corrected chi connectivity index (χ4v) is 1.34. The maximum absolute atomic E-state index is 12.7. The second-order valence-corrected chi connectivity index (χ2v) is 4.34. The minimum Gasteiger partial charge on any atom is -0.347 e. The van der Waals surface area contributed by atoms with E-state index in [1.165, 1.54) is 21.9 Å². The first-order valence-corrected chi connectivity index (χ1v) is 5.58. The van der Waals surface area contributed by atoms with E-state index in [2.05, 4.69) is 0 Å². The van der Waals surface area contributed by atoms with Crippen molar-refractivity contribution >= 4 is 11.8 Å². The average molecular weight is 252 g/mol. The van der Waals surface area contributed by atoms with Gasteiger partial charge in [0, 0.05) is 21.1 Å². The van der Waals surface area contributed by atoms with Gasteiger partial charge in [0.2, 0.25) is 11.8 Å². The number of nitrogens with zero attached hydrogens (tertiary/aromatic N) is 2. The zero-order valence-electron chi connectivity index (χ0n) is 10.8. The Morgan fingerprint density at radius 3 is 2.11 bits per heavy atom. The van der Waals surface area contributed by atoms with Gasteiger partial charge in [0.05, 0.1) is 13.0 Å². The summed E-state index contributed by atoms with van der Waals surface area (Å²) in [7, 11) is 4.86. The molecule has 0 unspecified atom stereocenters. The maximum Gasteiger partial charge on any atom is 0.241 e. The second kappa shape index (κ2) is 6.14. The van der Waals surface area contributed by atoms with Crippen molar-refractivity contribution in [1.29, 1.82) is 0 Å². The van der Waals surface area contributed by atoms with Crippen molar-refractivity contribution in [2.24, 2.45) is 0 Å². The van der Waals surface area contributed by atoms with Crippen LogP contribution in [0.4, 0.5) is 4.39 Å². The number of halogens is 1. The van der Waals surface area contributed by atoms with E-state index in [-0.39, 0.29) is 30.6 Å². The van der Waals surface area contributed by atoms with Crippen molar-refractivity contribution in [2.75, 3.05) is 27.7 Å². The Bertz CT molecular complexity index is 429. The maximum atomic E-state index is 12.7. The fourth-order valence-electron chi connectivity index (χ4n) is 1.34. The Morgan fingerprint density at radius 2 is 1.61 bits per heavy atom. The Hall–Kier alpha value is -1.91. The van der Waals surface area contributed by atoms with Gasteiger partial charge in [-0.25, -0.2) is 4.39 Å². The van der Waals surface area contributed by atoms with Crippen LogP contribution in [-0.2, 0) is 16.0 Å². The van der Waals surface area contributed by atoms with Gasteiger partial charge in [0.1, 0.15) is 5.82 Å². The van der Waals surface area contributed by atoms with Crippen LogP contribution in [0.3, 0.4) is 0 Å². The van der Waals surface area contributed by atoms with Crippen LogP contribution >= 0.6 is 0 Å². The van der Waals surface area contributed by atoms with Crippen LogP contribution in [0.5, 0.6) is 0 Å². The van der Waals surface area contributed by atoms with Gasteiger partial charge in [0.15, 0.2) is 0 Å². The van der Waals surface area contributed by atoms with Crippen molar-refractivity contribution in [1.82, 2.24) is 9.80 Å². The molecule has 98 valence electrons. The first-order valence-electron chi connectivity index (χ1n) is 5.58. The molecule has 0 atom stereocenters. The zero-order valence-corrected chi connectivity index (χ0v) is 10.8. The third-order valence-corrected chi connectivity index (χ3v) is 2.57. The second-order valence-electron chi connectivity index (χ2n) is 4.34. The first kappa shape index (κ1) is 14.2. The van der Waals surface area contributed by atoms with E-state index in [0.717, 1.165) is 5.56 Å². The molecular formula is C13H17FN2O2. The number of hydrogen-bond donors (Lipinski definition) is 0. The number of hydrogen-bond acceptors (Lipinski definition) is 2. The quantitative estimate of drug-likeness (QED) is 0.799. The van der Waals surface area contributed by atoms with Crippen molar-refractivity contribution in [3.05, 3.63) is 35.6 Å². The lowest BCUT2D eigenvalue weighted by Gasteiger charge is -2.19. The van der Waals surface area contributed by atoms with Crippen LogP contribution in [0.25, 0.3) is 0 Å². The number of likely N-dealkylation sites (N-methyl/N-ethyl adjacent to an activating group) is 2. The van der Waals surface area contributed by atoms with Crippen molar-refractivity contribution in [3.63, 3.8) is 0 Å². The number of benzene rings is 1. The first-order chi connectivity index (χ1) is 8.40. The molecule has 1 rings (SSSR count). The highest BCUT2D eigenvalue weighted by Crippen LogP contribution is 2.05. The van der Waals surface area contributed by atoms with E-state index in [4.69, 9.17) is 0 Å². The van der Waals surface area contributed by atoms with Crippen LogP contribution in [0.15, 0.2) is 24.3 Å². The van der Waals surface area contributed by atoms with E-state index >= 15 is 0 Å². The van der Waals surface area contributed by atoms with Crippen LogP contribution < -0.4 is 0 Å². The lowest BCUT2D eigenvalue weighted by atomic mass is 10.1. The van der Waals surface area contributed by atoms with Crippen LogP contribution in [-0.4, -0.2) is 49.3 Å². The Labute approximate surface area is 106 Å². The van der Waals surface area contributed by atoms with Crippen LogP contribution in [0.2, 0.25) is 0 Å². The van der Waals surface area contributed by atoms with Gasteiger partial charge in [-0.3, -0.25) is 9.59 Å². The predicted octanol–water partition coefficient (Wildman–Crippen LogP) is 0.915. The monoisotopic (exact) mass is 252 g/mol. The molecule has 0 aliphatic heterocycles. The summed E-state index contributed by atoms with van der Waals surface area (Å²) in [5, 5.41) is 0. The molecule has 0 aliphatic rings. The highest BCUT2D eigenvalue weighted by atomic mass is 19.1. The molecule has 2 amide bonds. The number of carbonyl (C=O) groups excluding carboxylic acids is 2. The van der Waals surface area contributed by atoms with E-state index in [1.807, 2.05) is 0 Å². The number of rotatable bonds is 4. The smallest absolute Gasteiger partial charge is 0.241 e. The Morgan fingerprint density at radius 1 is 1.06 bits per heavy atom. The topological polar surface area (TPSA) is 40.6 Å². The third-order valence-electron chi connectivity index (χ3n) is 2.57. The zero-order chi connectivity index (χ0) is 13.7. The summed E-state index contributed by atoms with van der Waals surface area (Å²) in [4.78, 5) is 26.1. The van der Waals surface area contributed by atoms with Gasteiger partial charge in [-0.05, 0) is 17.7 Å². The van der Waals surface area contributed by atoms with Crippen molar-refractivity contribution < 1.29 is 14.0 Å². The predicted molar refractivity (Wildman–Crippen MR) is 66.4 cm³/mol. The van der Waals surface area contributed by atoms with Gasteiger partial charge >= 0.3 is 0 Å². The fraction of sp³-hybridized carbons (Fsp3) is 0.385. The van der Waals surface area contributed by atoms with E-state index in [1.54, 1.807) is 33.3 Å². The molecule has 0 saturated heterocycles. The van der Waals surface area contributed by atoms with E-state index in [9.17, 15) is 14.0 Å². The van der Waals surface area contributed by atoms with Gasteiger partial charge in [-0.15, -0.1) is 0 Å². The lowest BCUT2D eigenvalue weighted by Crippen LogP contribution is -2.38. The molecule has 18 heavy (non-hydrogen) atoms. The molecule has 1 aromatic rings. The summed E-state index contributed by atoms with van der Waals surface area (Å²) in [5.74, 6) is -0.635. The highest BCUT2D eigenvalue weighted by Gasteiger charge is 2.14. The minimum absolute atomic E-state index is 0.0486. The summed E-state index contributed by atoms with van der Waals surface area (Å²) in [5.41, 5.74) is 0.727. The summed E-state index contributed by atoms with van der Waals surface area (Å²) in [6.07, 6.45) is 0.164. The third kappa shape index (κ3) is 4.16. The van der Waals surface area contributed by atoms with Crippen LogP contribution in [0, 0.1) is 5.82 Å². The summed E-state index contributed by atoms with van der Waals surface area (Å²) in [6.45, 7) is 0.0486. The van der Waals surface area contributed by atoms with E-state index in [0.29, 0.717) is 0 Å². The molecule has 0 heterocycles. The van der Waals surface area contributed by atoms with Crippen molar-refractivity contribution in [2.45, 2.75) is 6.42 Å². The Kier molecular flexibility index (Phi) is 4.83. The summed E-state index contributed by atoms with van der Waals surface area (Å²) in [6, 6.07) is 5.75. The van der Waals surface area contributed by atoms with Gasteiger partial charge < -0.3 is 9.80 Å². The highest BCUT2D eigenvalue weighted by molar-refractivity contribution is 5.85. The standard InChI is InChI=1S/C13H17FN2O2/c1-15(2)13(18)9-16(3)12(17)8-10-4-6-11(14)7-5-10/h4-7H,8-9H2,1-3H3. The minimum atomic E-state index is -0.331. The molecule has 4 nitrogen and oxygen atoms in total. The van der Waals surface area contributed by atoms with Crippen LogP contribution in [0.1, 0.15) is 5.56 Å². The molecule has 0 aliphatic carbocycles. The van der Waals surface area contributed by atoms with Crippen molar-refractivity contribution in [3.8, 4) is 0 Å². The average Bonchev–Trinajstić information content (AvgIpc) is 2.31. The summed E-state index contributed by atoms with van der Waals surface area (Å²) < 4.78 is 12.7. The van der Waals surface area contributed by atoms with Gasteiger partial charge in [0.25, 0.3) is 0 Å². The molecule has 0 fully saturated rings. The lowest BCUT2D eigenvalue weighted by molar-refractivity contribution is -0.137. The number of carbonyl (C=O) groups is 2. The SMILES string of the molecule is CN(C)C(=O)CN(C)C(=O)Cc1ccc(F)cc1. The molecule has 0 bridgehead atoms. The van der Waals surface area contributed by atoms with E-state index < -0.39 is 0 Å². The van der Waals surface area contributed by atoms with Gasteiger partial charge in [-0.2, -0.15) is 0 Å². The molecule has 1 aromatic carbocycles. The number of amides is 2. The molecule has 0 spiro atoms. The molecule has 5 heteroatoms. The Balaban J connectivity index is 2.54. The summed E-state index contributed by atoms with van der Waals surface area (Å²) >= 11 is 0. The molecule has 0 saturated carbocycles.